The number of carbonyl (C=O) groups is 2. The van der Waals surface area contributed by atoms with Crippen molar-refractivity contribution in [1.82, 2.24) is 0 Å². The lowest BCUT2D eigenvalue weighted by Crippen LogP contribution is -2.34. The number of thioether (sulfide) groups is 1. The highest BCUT2D eigenvalue weighted by Gasteiger charge is 2.33. The van der Waals surface area contributed by atoms with Crippen LogP contribution in [0.5, 0.6) is 11.5 Å². The maximum absolute atomic E-state index is 12.7. The van der Waals surface area contributed by atoms with E-state index in [-0.39, 0.29) is 23.2 Å². The standard InChI is InChI=1S/C24H21NO4S/c26-18-11-16(12-19(27)13-18)6-5-15-7-9-17(10-8-15)25-24(29)21-14-30-22-4-2-1-3-20(22)23(21)28/h1-4,7-13,21,26-27H,5-6,14H2,(H,25,29). The second-order valence-corrected chi connectivity index (χ2v) is 8.33. The zero-order chi connectivity index (χ0) is 21.1. The molecular weight excluding hydrogens is 398 g/mol. The van der Waals surface area contributed by atoms with Gasteiger partial charge >= 0.3 is 0 Å². The van der Waals surface area contributed by atoms with E-state index in [0.29, 0.717) is 23.4 Å². The number of phenolic OH excluding ortho intramolecular Hbond substituents is 2. The van der Waals surface area contributed by atoms with Crippen molar-refractivity contribution < 1.29 is 19.8 Å². The second-order valence-electron chi connectivity index (χ2n) is 7.27. The van der Waals surface area contributed by atoms with Gasteiger partial charge in [0.25, 0.3) is 0 Å². The van der Waals surface area contributed by atoms with Crippen LogP contribution in [-0.2, 0) is 17.6 Å². The van der Waals surface area contributed by atoms with Gasteiger partial charge in [-0.25, -0.2) is 0 Å². The van der Waals surface area contributed by atoms with E-state index < -0.39 is 5.92 Å². The SMILES string of the molecule is O=C(Nc1ccc(CCc2cc(O)cc(O)c2)cc1)C1CSc2ccccc2C1=O. The van der Waals surface area contributed by atoms with Crippen molar-refractivity contribution in [2.75, 3.05) is 11.1 Å². The molecule has 1 aliphatic heterocycles. The van der Waals surface area contributed by atoms with E-state index in [1.165, 1.54) is 17.8 Å². The van der Waals surface area contributed by atoms with Crippen LogP contribution in [-0.4, -0.2) is 27.7 Å². The Kier molecular flexibility index (Phi) is 5.77. The van der Waals surface area contributed by atoms with E-state index >= 15 is 0 Å². The van der Waals surface area contributed by atoms with Gasteiger partial charge in [0.2, 0.25) is 5.91 Å². The maximum atomic E-state index is 12.7. The minimum Gasteiger partial charge on any atom is -0.508 e. The number of nitrogens with one attached hydrogen (secondary N) is 1. The first-order chi connectivity index (χ1) is 14.5. The van der Waals surface area contributed by atoms with Crippen molar-refractivity contribution in [1.29, 1.82) is 0 Å². The highest BCUT2D eigenvalue weighted by molar-refractivity contribution is 7.99. The third kappa shape index (κ3) is 4.49. The largest absolute Gasteiger partial charge is 0.508 e. The molecule has 1 amide bonds. The van der Waals surface area contributed by atoms with Crippen LogP contribution < -0.4 is 5.32 Å². The fourth-order valence-corrected chi connectivity index (χ4v) is 4.65. The summed E-state index contributed by atoms with van der Waals surface area (Å²) in [6.45, 7) is 0. The third-order valence-electron chi connectivity index (χ3n) is 5.08. The van der Waals surface area contributed by atoms with Crippen LogP contribution in [0.2, 0.25) is 0 Å². The number of aromatic hydroxyl groups is 2. The summed E-state index contributed by atoms with van der Waals surface area (Å²) in [6.07, 6.45) is 1.40. The van der Waals surface area contributed by atoms with Crippen LogP contribution in [0, 0.1) is 5.92 Å². The quantitative estimate of drug-likeness (QED) is 0.533. The molecule has 5 nitrogen and oxygen atoms in total. The van der Waals surface area contributed by atoms with Crippen LogP contribution in [0.1, 0.15) is 21.5 Å². The average molecular weight is 420 g/mol. The molecule has 30 heavy (non-hydrogen) atoms. The molecule has 1 atom stereocenters. The molecule has 152 valence electrons. The van der Waals surface area contributed by atoms with Gasteiger partial charge < -0.3 is 15.5 Å². The van der Waals surface area contributed by atoms with E-state index in [1.807, 2.05) is 42.5 Å². The molecule has 3 aromatic carbocycles. The Hall–Kier alpha value is -3.25. The molecule has 6 heteroatoms. The van der Waals surface area contributed by atoms with E-state index in [0.717, 1.165) is 22.4 Å². The summed E-state index contributed by atoms with van der Waals surface area (Å²) in [5, 5.41) is 22.0. The molecule has 1 heterocycles. The van der Waals surface area contributed by atoms with Crippen molar-refractivity contribution in [2.24, 2.45) is 5.92 Å². The average Bonchev–Trinajstić information content (AvgIpc) is 2.73. The minimum atomic E-state index is -0.692. The Labute approximate surface area is 178 Å². The van der Waals surface area contributed by atoms with Crippen LogP contribution >= 0.6 is 11.8 Å². The molecule has 0 saturated carbocycles. The Morgan fingerprint density at radius 2 is 1.60 bits per heavy atom. The zero-order valence-corrected chi connectivity index (χ0v) is 17.0. The first kappa shape index (κ1) is 20.0. The van der Waals surface area contributed by atoms with Crippen molar-refractivity contribution >= 4 is 29.1 Å². The highest BCUT2D eigenvalue weighted by Crippen LogP contribution is 2.33. The lowest BCUT2D eigenvalue weighted by Gasteiger charge is -2.22. The molecule has 4 rings (SSSR count). The summed E-state index contributed by atoms with van der Waals surface area (Å²) in [7, 11) is 0. The lowest BCUT2D eigenvalue weighted by atomic mass is 9.97. The second kappa shape index (κ2) is 8.63. The molecule has 0 fully saturated rings. The Balaban J connectivity index is 1.36. The van der Waals surface area contributed by atoms with E-state index in [2.05, 4.69) is 5.32 Å². The fraction of sp³-hybridized carbons (Fsp3) is 0.167. The number of fused-ring (bicyclic) bond motifs is 1. The number of hydrogen-bond acceptors (Lipinski definition) is 5. The summed E-state index contributed by atoms with van der Waals surface area (Å²) in [5.74, 6) is -0.584. The topological polar surface area (TPSA) is 86.6 Å². The molecule has 0 saturated heterocycles. The molecule has 0 aromatic heterocycles. The van der Waals surface area contributed by atoms with Crippen LogP contribution in [0.3, 0.4) is 0 Å². The maximum Gasteiger partial charge on any atom is 0.236 e. The lowest BCUT2D eigenvalue weighted by molar-refractivity contribution is -0.118. The van der Waals surface area contributed by atoms with Gasteiger partial charge in [-0.15, -0.1) is 11.8 Å². The molecule has 0 radical (unpaired) electrons. The number of benzene rings is 3. The Morgan fingerprint density at radius 1 is 0.933 bits per heavy atom. The van der Waals surface area contributed by atoms with Crippen molar-refractivity contribution in [3.05, 3.63) is 83.4 Å². The van der Waals surface area contributed by atoms with E-state index in [4.69, 9.17) is 0 Å². The number of Topliss-reactive ketones (excluding diaryl/α,β-unsaturated/α-hetero) is 1. The number of amides is 1. The van der Waals surface area contributed by atoms with Gasteiger partial charge in [-0.2, -0.15) is 0 Å². The smallest absolute Gasteiger partial charge is 0.236 e. The van der Waals surface area contributed by atoms with Gasteiger partial charge in [0, 0.05) is 28.0 Å². The molecule has 0 spiro atoms. The molecule has 1 aliphatic rings. The first-order valence-corrected chi connectivity index (χ1v) is 10.7. The van der Waals surface area contributed by atoms with Gasteiger partial charge in [0.1, 0.15) is 17.4 Å². The number of aryl methyl sites for hydroxylation is 2. The summed E-state index contributed by atoms with van der Waals surface area (Å²) in [5.41, 5.74) is 3.17. The van der Waals surface area contributed by atoms with E-state index in [1.54, 1.807) is 18.2 Å². The summed E-state index contributed by atoms with van der Waals surface area (Å²) in [6, 6.07) is 19.4. The summed E-state index contributed by atoms with van der Waals surface area (Å²) >= 11 is 1.53. The number of carbonyl (C=O) groups excluding carboxylic acids is 2. The Morgan fingerprint density at radius 3 is 2.33 bits per heavy atom. The van der Waals surface area contributed by atoms with Crippen LogP contribution in [0.4, 0.5) is 5.69 Å². The normalized spacial score (nSPS) is 15.5. The van der Waals surface area contributed by atoms with Crippen molar-refractivity contribution in [3.8, 4) is 11.5 Å². The predicted molar refractivity (Wildman–Crippen MR) is 117 cm³/mol. The Bertz CT molecular complexity index is 1070. The van der Waals surface area contributed by atoms with Crippen LogP contribution in [0.15, 0.2) is 71.6 Å². The number of hydrogen-bond donors (Lipinski definition) is 3. The van der Waals surface area contributed by atoms with Gasteiger partial charge in [-0.05, 0) is 54.3 Å². The number of anilines is 1. The van der Waals surface area contributed by atoms with Gasteiger partial charge in [-0.3, -0.25) is 9.59 Å². The van der Waals surface area contributed by atoms with Crippen molar-refractivity contribution in [2.45, 2.75) is 17.7 Å². The number of rotatable bonds is 5. The summed E-state index contributed by atoms with van der Waals surface area (Å²) in [4.78, 5) is 26.2. The molecule has 1 unspecified atom stereocenters. The summed E-state index contributed by atoms with van der Waals surface area (Å²) < 4.78 is 0. The highest BCUT2D eigenvalue weighted by atomic mass is 32.2. The third-order valence-corrected chi connectivity index (χ3v) is 6.24. The minimum absolute atomic E-state index is 0.0427. The number of phenols is 2. The molecule has 3 N–H and O–H groups in total. The van der Waals surface area contributed by atoms with Crippen LogP contribution in [0.25, 0.3) is 0 Å². The van der Waals surface area contributed by atoms with E-state index in [9.17, 15) is 19.8 Å². The van der Waals surface area contributed by atoms with Gasteiger partial charge in [0.15, 0.2) is 5.78 Å². The van der Waals surface area contributed by atoms with Gasteiger partial charge in [-0.1, -0.05) is 30.3 Å². The molecule has 0 aliphatic carbocycles. The molecule has 0 bridgehead atoms. The fourth-order valence-electron chi connectivity index (χ4n) is 3.50. The molecule has 3 aromatic rings. The number of ketones is 1. The monoisotopic (exact) mass is 419 g/mol. The predicted octanol–water partition coefficient (Wildman–Crippen LogP) is 4.43. The van der Waals surface area contributed by atoms with Gasteiger partial charge in [0.05, 0.1) is 0 Å². The first-order valence-electron chi connectivity index (χ1n) is 9.67. The van der Waals surface area contributed by atoms with Crippen molar-refractivity contribution in [3.63, 3.8) is 0 Å². The zero-order valence-electron chi connectivity index (χ0n) is 16.2. The molecular formula is C24H21NO4S.